The van der Waals surface area contributed by atoms with Crippen molar-refractivity contribution in [2.45, 2.75) is 0 Å². The first-order valence-electron chi connectivity index (χ1n) is 5.62. The molecular weight excluding hydrogens is 230 g/mol. The molecule has 0 atom stereocenters. The highest BCUT2D eigenvalue weighted by Gasteiger charge is 2.05. The zero-order chi connectivity index (χ0) is 12.8. The molecule has 2 rings (SSSR count). The van der Waals surface area contributed by atoms with E-state index in [2.05, 4.69) is 5.16 Å². The van der Waals surface area contributed by atoms with Gasteiger partial charge in [0.2, 0.25) is 0 Å². The topological polar surface area (TPSA) is 51.0 Å². The minimum absolute atomic E-state index is 0.173. The Balaban J connectivity index is 2.23. The quantitative estimate of drug-likeness (QED) is 0.290. The van der Waals surface area contributed by atoms with Crippen LogP contribution in [0.25, 0.3) is 10.8 Å². The van der Waals surface area contributed by atoms with Crippen molar-refractivity contribution < 1.29 is 14.7 Å². The lowest BCUT2D eigenvalue weighted by atomic mass is 10.0. The summed E-state index contributed by atoms with van der Waals surface area (Å²) >= 11 is 0. The van der Waals surface area contributed by atoms with Gasteiger partial charge in [-0.3, -0.25) is 0 Å². The van der Waals surface area contributed by atoms with Crippen molar-refractivity contribution in [3.8, 4) is 0 Å². The van der Waals surface area contributed by atoms with Gasteiger partial charge >= 0.3 is 0 Å². The number of hydrogen-bond acceptors (Lipinski definition) is 4. The zero-order valence-electron chi connectivity index (χ0n) is 10.2. The second-order valence-electron chi connectivity index (χ2n) is 3.86. The van der Waals surface area contributed by atoms with Crippen LogP contribution in [0.5, 0.6) is 0 Å². The fraction of sp³-hybridized carbons (Fsp3) is 0.214. The van der Waals surface area contributed by atoms with Crippen molar-refractivity contribution in [2.75, 3.05) is 20.5 Å². The molecule has 0 radical (unpaired) electrons. The van der Waals surface area contributed by atoms with E-state index in [1.165, 1.54) is 0 Å². The molecule has 0 aliphatic carbocycles. The van der Waals surface area contributed by atoms with Gasteiger partial charge in [-0.1, -0.05) is 41.6 Å². The van der Waals surface area contributed by atoms with E-state index in [-0.39, 0.29) is 13.4 Å². The summed E-state index contributed by atoms with van der Waals surface area (Å²) in [5, 5.41) is 14.5. The lowest BCUT2D eigenvalue weighted by molar-refractivity contribution is -0.0148. The highest BCUT2D eigenvalue weighted by atomic mass is 16.7. The minimum atomic E-state index is 0.173. The van der Waals surface area contributed by atoms with Crippen molar-refractivity contribution in [3.63, 3.8) is 0 Å². The molecule has 0 aliphatic heterocycles. The van der Waals surface area contributed by atoms with E-state index in [1.54, 1.807) is 7.11 Å². The molecule has 0 amide bonds. The number of oxime groups is 1. The normalized spacial score (nSPS) is 11.9. The molecule has 0 saturated heterocycles. The van der Waals surface area contributed by atoms with Crippen molar-refractivity contribution in [3.05, 3.63) is 48.0 Å². The maximum atomic E-state index is 9.02. The molecule has 0 fully saturated rings. The number of benzene rings is 2. The Hall–Kier alpha value is -1.91. The number of fused-ring (bicyclic) bond motifs is 1. The highest BCUT2D eigenvalue weighted by Crippen LogP contribution is 2.16. The Labute approximate surface area is 105 Å². The second kappa shape index (κ2) is 6.14. The first kappa shape index (κ1) is 12.5. The molecule has 0 bridgehead atoms. The number of rotatable bonds is 5. The van der Waals surface area contributed by atoms with Crippen molar-refractivity contribution in [1.29, 1.82) is 0 Å². The smallest absolute Gasteiger partial charge is 0.146 e. The second-order valence-corrected chi connectivity index (χ2v) is 3.86. The average molecular weight is 245 g/mol. The van der Waals surface area contributed by atoms with Gasteiger partial charge < -0.3 is 14.7 Å². The molecule has 0 aromatic heterocycles. The predicted molar refractivity (Wildman–Crippen MR) is 70.1 cm³/mol. The van der Waals surface area contributed by atoms with E-state index in [9.17, 15) is 0 Å². The number of ether oxygens (including phenoxy) is 2. The molecule has 94 valence electrons. The molecule has 4 nitrogen and oxygen atoms in total. The third kappa shape index (κ3) is 2.85. The molecule has 1 N–H and O–H groups in total. The Morgan fingerprint density at radius 1 is 1.17 bits per heavy atom. The number of nitrogens with zero attached hydrogens (tertiary/aromatic N) is 1. The third-order valence-electron chi connectivity index (χ3n) is 2.64. The molecule has 18 heavy (non-hydrogen) atoms. The molecule has 2 aromatic rings. The van der Waals surface area contributed by atoms with Gasteiger partial charge in [0.1, 0.15) is 12.5 Å². The lowest BCUT2D eigenvalue weighted by Gasteiger charge is -2.07. The van der Waals surface area contributed by atoms with Crippen LogP contribution >= 0.6 is 0 Å². The van der Waals surface area contributed by atoms with Crippen LogP contribution in [0.15, 0.2) is 47.6 Å². The van der Waals surface area contributed by atoms with Gasteiger partial charge in [-0.25, -0.2) is 0 Å². The maximum absolute atomic E-state index is 9.02. The summed E-state index contributed by atoms with van der Waals surface area (Å²) in [7, 11) is 1.55. The summed E-state index contributed by atoms with van der Waals surface area (Å²) in [6.07, 6.45) is 0. The molecule has 0 heterocycles. The largest absolute Gasteiger partial charge is 0.411 e. The fourth-order valence-electron chi connectivity index (χ4n) is 1.76. The fourth-order valence-corrected chi connectivity index (χ4v) is 1.76. The summed E-state index contributed by atoms with van der Waals surface area (Å²) in [6, 6.07) is 13.9. The van der Waals surface area contributed by atoms with Crippen LogP contribution in [0.3, 0.4) is 0 Å². The monoisotopic (exact) mass is 245 g/mol. The van der Waals surface area contributed by atoms with Crippen LogP contribution in [-0.4, -0.2) is 31.4 Å². The Morgan fingerprint density at radius 3 is 2.67 bits per heavy atom. The van der Waals surface area contributed by atoms with Crippen LogP contribution in [-0.2, 0) is 9.47 Å². The third-order valence-corrected chi connectivity index (χ3v) is 2.64. The van der Waals surface area contributed by atoms with E-state index in [4.69, 9.17) is 14.7 Å². The Morgan fingerprint density at radius 2 is 1.94 bits per heavy atom. The molecule has 0 spiro atoms. The SMILES string of the molecule is COCOC/C(=N\O)c1ccc2ccccc2c1. The van der Waals surface area contributed by atoms with Crippen LogP contribution in [0.4, 0.5) is 0 Å². The zero-order valence-corrected chi connectivity index (χ0v) is 10.2. The van der Waals surface area contributed by atoms with Crippen LogP contribution in [0.1, 0.15) is 5.56 Å². The summed E-state index contributed by atoms with van der Waals surface area (Å²) in [5.74, 6) is 0. The van der Waals surface area contributed by atoms with E-state index in [1.807, 2.05) is 42.5 Å². The van der Waals surface area contributed by atoms with Crippen molar-refractivity contribution in [2.24, 2.45) is 5.16 Å². The van der Waals surface area contributed by atoms with Crippen LogP contribution in [0, 0.1) is 0 Å². The first-order chi connectivity index (χ1) is 8.85. The Kier molecular flexibility index (Phi) is 4.28. The lowest BCUT2D eigenvalue weighted by Crippen LogP contribution is -2.12. The van der Waals surface area contributed by atoms with Crippen LogP contribution < -0.4 is 0 Å². The van der Waals surface area contributed by atoms with Gasteiger partial charge in [0.05, 0.1) is 6.61 Å². The van der Waals surface area contributed by atoms with E-state index in [0.29, 0.717) is 5.71 Å². The molecular formula is C14H15NO3. The van der Waals surface area contributed by atoms with Gasteiger partial charge in [0, 0.05) is 12.7 Å². The van der Waals surface area contributed by atoms with E-state index in [0.717, 1.165) is 16.3 Å². The minimum Gasteiger partial charge on any atom is -0.411 e. The van der Waals surface area contributed by atoms with E-state index < -0.39 is 0 Å². The van der Waals surface area contributed by atoms with Crippen LogP contribution in [0.2, 0.25) is 0 Å². The molecule has 0 unspecified atom stereocenters. The predicted octanol–water partition coefficient (Wildman–Crippen LogP) is 2.64. The molecule has 0 saturated carbocycles. The average Bonchev–Trinajstić information content (AvgIpc) is 2.43. The first-order valence-corrected chi connectivity index (χ1v) is 5.62. The van der Waals surface area contributed by atoms with Gasteiger partial charge in [-0.2, -0.15) is 0 Å². The van der Waals surface area contributed by atoms with Gasteiger partial charge in [0.25, 0.3) is 0 Å². The van der Waals surface area contributed by atoms with E-state index >= 15 is 0 Å². The summed E-state index contributed by atoms with van der Waals surface area (Å²) in [5.41, 5.74) is 1.32. The van der Waals surface area contributed by atoms with Gasteiger partial charge in [0.15, 0.2) is 0 Å². The summed E-state index contributed by atoms with van der Waals surface area (Å²) in [4.78, 5) is 0. The number of hydrogen-bond donors (Lipinski definition) is 1. The maximum Gasteiger partial charge on any atom is 0.146 e. The van der Waals surface area contributed by atoms with Crippen molar-refractivity contribution >= 4 is 16.5 Å². The standard InChI is InChI=1S/C14H15NO3/c1-17-10-18-9-14(15-16)13-7-6-11-4-2-3-5-12(11)8-13/h2-8,16H,9-10H2,1H3/b15-14+. The number of methoxy groups -OCH3 is 1. The summed E-state index contributed by atoms with van der Waals surface area (Å²) < 4.78 is 9.97. The van der Waals surface area contributed by atoms with Crippen molar-refractivity contribution in [1.82, 2.24) is 0 Å². The molecule has 0 aliphatic rings. The summed E-state index contributed by atoms with van der Waals surface area (Å²) in [6.45, 7) is 0.384. The van der Waals surface area contributed by atoms with Gasteiger partial charge in [-0.05, 0) is 16.8 Å². The van der Waals surface area contributed by atoms with Gasteiger partial charge in [-0.15, -0.1) is 0 Å². The molecule has 4 heteroatoms. The highest BCUT2D eigenvalue weighted by molar-refractivity contribution is 6.03. The molecule has 2 aromatic carbocycles. The Bertz CT molecular complexity index is 551.